The second kappa shape index (κ2) is 12.3. The van der Waals surface area contributed by atoms with Crippen molar-refractivity contribution in [1.29, 1.82) is 0 Å². The molecule has 4 atom stereocenters. The molecule has 1 nitrogen and oxygen atoms in total. The van der Waals surface area contributed by atoms with Gasteiger partial charge in [-0.15, -0.1) is 0 Å². The number of allylic oxidation sites excluding steroid dienone is 8. The average molecular weight is 559 g/mol. The molecule has 0 spiro atoms. The van der Waals surface area contributed by atoms with Gasteiger partial charge in [0.25, 0.3) is 0 Å². The van der Waals surface area contributed by atoms with E-state index in [2.05, 4.69) is 63.0 Å². The van der Waals surface area contributed by atoms with Crippen LogP contribution in [0.1, 0.15) is 58.3 Å². The second-order valence-corrected chi connectivity index (χ2v) is 15.1. The molecule has 0 aliphatic heterocycles. The topological polar surface area (TPSA) is 9.23 Å². The molecule has 0 N–H and O–H groups in total. The van der Waals surface area contributed by atoms with Crippen molar-refractivity contribution < 1.29 is 55.4 Å². The molecule has 31 heavy (non-hydrogen) atoms. The smallest absolute Gasteiger partial charge is 1.00 e. The summed E-state index contributed by atoms with van der Waals surface area (Å²) < 4.78 is 6.45. The molecule has 2 saturated carbocycles. The predicted molar refractivity (Wildman–Crippen MR) is 123 cm³/mol. The van der Waals surface area contributed by atoms with Gasteiger partial charge in [0.1, 0.15) is 0 Å². The van der Waals surface area contributed by atoms with Gasteiger partial charge >= 0.3 is 26.2 Å². The Balaban J connectivity index is 0.00000160. The summed E-state index contributed by atoms with van der Waals surface area (Å²) in [6.07, 6.45) is 25.1. The minimum atomic E-state index is -1.47. The number of fused-ring (bicyclic) bond motifs is 2. The van der Waals surface area contributed by atoms with Crippen LogP contribution in [0.3, 0.4) is 0 Å². The summed E-state index contributed by atoms with van der Waals surface area (Å²) in [6, 6.07) is 0. The zero-order valence-electron chi connectivity index (χ0n) is 19.8. The van der Waals surface area contributed by atoms with E-state index in [1.807, 2.05) is 0 Å². The van der Waals surface area contributed by atoms with E-state index >= 15 is 0 Å². The maximum absolute atomic E-state index is 6.45. The summed E-state index contributed by atoms with van der Waals surface area (Å²) >= 11 is 0. The fourth-order valence-corrected chi connectivity index (χ4v) is 7.59. The second-order valence-electron chi connectivity index (χ2n) is 10.6. The van der Waals surface area contributed by atoms with E-state index in [-0.39, 0.29) is 51.0 Å². The van der Waals surface area contributed by atoms with Gasteiger partial charge in [-0.1, -0.05) is 54.5 Å². The van der Waals surface area contributed by atoms with Gasteiger partial charge in [-0.25, -0.2) is 0 Å². The third-order valence-electron chi connectivity index (χ3n) is 8.19. The summed E-state index contributed by atoms with van der Waals surface area (Å²) in [5, 5.41) is 0. The summed E-state index contributed by atoms with van der Waals surface area (Å²) in [6.45, 7) is 10.4. The number of halogens is 2. The molecule has 0 radical (unpaired) electrons. The molecule has 4 unspecified atom stereocenters. The van der Waals surface area contributed by atoms with Gasteiger partial charge in [-0.05, 0) is 100 Å². The summed E-state index contributed by atoms with van der Waals surface area (Å²) in [5.74, 6) is 3.15. The number of hydrogen-bond donors (Lipinski definition) is 0. The predicted octanol–water partition coefficient (Wildman–Crippen LogP) is 1.45. The van der Waals surface area contributed by atoms with Gasteiger partial charge in [0.2, 0.25) is 0 Å². The molecule has 5 heteroatoms. The van der Waals surface area contributed by atoms with Crippen molar-refractivity contribution in [3.8, 4) is 0 Å². The van der Waals surface area contributed by atoms with Gasteiger partial charge in [0.15, 0.2) is 8.32 Å². The first kappa shape index (κ1) is 29.6. The average Bonchev–Trinajstić information content (AvgIpc) is 3.30. The Morgan fingerprint density at radius 3 is 1.77 bits per heavy atom. The summed E-state index contributed by atoms with van der Waals surface area (Å²) in [5.41, 5.74) is 3.96. The number of hydrogen-bond acceptors (Lipinski definition) is 1. The largest absolute Gasteiger partial charge is 2.00 e. The van der Waals surface area contributed by atoms with Crippen LogP contribution in [0, 0.1) is 29.1 Å². The molecule has 4 aliphatic rings. The van der Waals surface area contributed by atoms with Crippen molar-refractivity contribution in [2.75, 3.05) is 6.61 Å². The van der Waals surface area contributed by atoms with Crippen LogP contribution in [0.5, 0.6) is 0 Å². The van der Waals surface area contributed by atoms with Crippen LogP contribution in [-0.4, -0.2) is 14.9 Å². The van der Waals surface area contributed by atoms with Crippen LogP contribution < -0.4 is 24.8 Å². The zero-order valence-corrected chi connectivity index (χ0v) is 24.8. The Labute approximate surface area is 223 Å². The van der Waals surface area contributed by atoms with Gasteiger partial charge in [-0.3, -0.25) is 0 Å². The van der Waals surface area contributed by atoms with E-state index < -0.39 is 8.32 Å². The fourth-order valence-electron chi connectivity index (χ4n) is 6.87. The molecular weight excluding hydrogens is 519 g/mol. The third-order valence-corrected chi connectivity index (χ3v) is 9.26. The Morgan fingerprint density at radius 1 is 0.871 bits per heavy atom. The molecule has 0 amide bonds. The van der Waals surface area contributed by atoms with Gasteiger partial charge in [-0.2, -0.15) is 0 Å². The van der Waals surface area contributed by atoms with Crippen LogP contribution in [0.15, 0.2) is 47.6 Å². The van der Waals surface area contributed by atoms with Crippen LogP contribution >= 0.6 is 0 Å². The van der Waals surface area contributed by atoms with E-state index in [9.17, 15) is 0 Å². The van der Waals surface area contributed by atoms with Crippen molar-refractivity contribution in [3.63, 3.8) is 0 Å². The molecule has 0 heterocycles. The molecule has 4 rings (SSSR count). The fraction of sp³-hybridized carbons (Fsp3) is 0.692. The first-order chi connectivity index (χ1) is 13.4. The molecule has 0 aromatic heterocycles. The Hall–Kier alpha value is 0.600. The van der Waals surface area contributed by atoms with E-state index in [4.69, 9.17) is 4.43 Å². The molecular formula is C26H40Cl2OSiZr. The first-order valence-corrected chi connectivity index (χ1v) is 15.2. The standard InChI is InChI=1S/C26H40OSi.2ClH.Zr/c1-5-26(18-19-27-28(2,3)4,24-16-14-20-10-6-8-12-22(20)24)25-17-15-21-11-7-9-13-23(21)25;;;/h6-9,12-13,20-21,24-25H,5,10-11,14-19H2,1-4H3;2*1H;/q;;;+2/p-2. The Morgan fingerprint density at radius 2 is 1.35 bits per heavy atom. The number of rotatable bonds is 7. The molecule has 172 valence electrons. The molecule has 0 bridgehead atoms. The van der Waals surface area contributed by atoms with Crippen LogP contribution in [-0.2, 0) is 30.6 Å². The third kappa shape index (κ3) is 6.19. The minimum Gasteiger partial charge on any atom is -1.00 e. The van der Waals surface area contributed by atoms with Gasteiger partial charge in [0.05, 0.1) is 0 Å². The van der Waals surface area contributed by atoms with Crippen molar-refractivity contribution in [3.05, 3.63) is 47.6 Å². The Bertz CT molecular complexity index is 661. The van der Waals surface area contributed by atoms with Crippen molar-refractivity contribution in [1.82, 2.24) is 0 Å². The molecule has 2 fully saturated rings. The van der Waals surface area contributed by atoms with Gasteiger partial charge < -0.3 is 29.2 Å². The molecule has 4 aliphatic carbocycles. The maximum Gasteiger partial charge on any atom is 2.00 e. The summed E-state index contributed by atoms with van der Waals surface area (Å²) in [7, 11) is -1.47. The first-order valence-electron chi connectivity index (χ1n) is 11.8. The van der Waals surface area contributed by atoms with Crippen molar-refractivity contribution >= 4 is 8.32 Å². The molecule has 0 aromatic rings. The van der Waals surface area contributed by atoms with Crippen molar-refractivity contribution in [2.45, 2.75) is 77.9 Å². The summed E-state index contributed by atoms with van der Waals surface area (Å²) in [4.78, 5) is 0. The molecule has 0 saturated heterocycles. The minimum absolute atomic E-state index is 0. The van der Waals surface area contributed by atoms with E-state index in [1.165, 1.54) is 51.4 Å². The van der Waals surface area contributed by atoms with Crippen LogP contribution in [0.25, 0.3) is 0 Å². The van der Waals surface area contributed by atoms with E-state index in [0.717, 1.165) is 30.3 Å². The van der Waals surface area contributed by atoms with Gasteiger partial charge in [0, 0.05) is 6.61 Å². The van der Waals surface area contributed by atoms with E-state index in [1.54, 1.807) is 11.1 Å². The van der Waals surface area contributed by atoms with Crippen molar-refractivity contribution in [2.24, 2.45) is 29.1 Å². The monoisotopic (exact) mass is 556 g/mol. The van der Waals surface area contributed by atoms with E-state index in [0.29, 0.717) is 5.41 Å². The Kier molecular flexibility index (Phi) is 11.8. The van der Waals surface area contributed by atoms with Crippen LogP contribution in [0.4, 0.5) is 0 Å². The quantitative estimate of drug-likeness (QED) is 0.430. The molecule has 0 aromatic carbocycles. The zero-order chi connectivity index (χ0) is 19.8. The van der Waals surface area contributed by atoms with Crippen LogP contribution in [0.2, 0.25) is 19.6 Å². The SMILES string of the molecule is CCC(CCO[Si](C)(C)C)(C1CCC2CC=CC=C21)C1CCC2CC=CC=C21.[Cl-].[Cl-].[Zr+2]. The maximum atomic E-state index is 6.45. The normalized spacial score (nSPS) is 30.6.